The zero-order valence-electron chi connectivity index (χ0n) is 14.5. The summed E-state index contributed by atoms with van der Waals surface area (Å²) in [5, 5.41) is 6.14. The molecule has 1 N–H and O–H groups in total. The number of carbonyl (C=O) groups excluding carboxylic acids is 1. The molecule has 0 spiro atoms. The number of fused-ring (bicyclic) bond motifs is 4. The summed E-state index contributed by atoms with van der Waals surface area (Å²) in [7, 11) is 1.41. The Kier molecular flexibility index (Phi) is 3.11. The Morgan fingerprint density at radius 2 is 1.96 bits per heavy atom. The van der Waals surface area contributed by atoms with Gasteiger partial charge in [0.25, 0.3) is 0 Å². The van der Waals surface area contributed by atoms with Crippen LogP contribution in [0, 0.1) is 0 Å². The molecule has 2 aliphatic rings. The minimum absolute atomic E-state index is 0.0782. The maximum atomic E-state index is 11.8. The van der Waals surface area contributed by atoms with Crippen LogP contribution in [0.1, 0.15) is 43.1 Å². The predicted molar refractivity (Wildman–Crippen MR) is 97.4 cm³/mol. The molecule has 1 aliphatic carbocycles. The number of benzene rings is 2. The lowest BCUT2D eigenvalue weighted by Gasteiger charge is -2.32. The molecule has 24 heavy (non-hydrogen) atoms. The zero-order valence-corrected chi connectivity index (χ0v) is 14.5. The van der Waals surface area contributed by atoms with Gasteiger partial charge in [0.2, 0.25) is 0 Å². The van der Waals surface area contributed by atoms with Gasteiger partial charge in [-0.2, -0.15) is 0 Å². The van der Waals surface area contributed by atoms with Crippen molar-refractivity contribution >= 4 is 23.3 Å². The highest BCUT2D eigenvalue weighted by Crippen LogP contribution is 2.30. The Hall–Kier alpha value is -2.55. The number of methoxy groups -OCH3 is 1. The first-order valence-electron chi connectivity index (χ1n) is 8.24. The van der Waals surface area contributed by atoms with Gasteiger partial charge >= 0.3 is 5.97 Å². The van der Waals surface area contributed by atoms with E-state index in [1.54, 1.807) is 0 Å². The van der Waals surface area contributed by atoms with Gasteiger partial charge in [0.15, 0.2) is 0 Å². The van der Waals surface area contributed by atoms with Crippen LogP contribution < -0.4 is 15.8 Å². The van der Waals surface area contributed by atoms with Crippen molar-refractivity contribution in [3.63, 3.8) is 0 Å². The van der Waals surface area contributed by atoms with Gasteiger partial charge < -0.3 is 10.1 Å². The monoisotopic (exact) mass is 319 g/mol. The van der Waals surface area contributed by atoms with Crippen LogP contribution in [0.4, 0.5) is 5.69 Å². The molecule has 0 atom stereocenters. The van der Waals surface area contributed by atoms with Gasteiger partial charge in [-0.05, 0) is 84.7 Å². The summed E-state index contributed by atoms with van der Waals surface area (Å²) in [4.78, 5) is 11.8. The van der Waals surface area contributed by atoms with E-state index >= 15 is 0 Å². The fourth-order valence-corrected chi connectivity index (χ4v) is 3.93. The third-order valence-electron chi connectivity index (χ3n) is 4.90. The van der Waals surface area contributed by atoms with Crippen LogP contribution >= 0.6 is 0 Å². The Bertz CT molecular complexity index is 999. The quantitative estimate of drug-likeness (QED) is 0.701. The molecule has 2 aromatic carbocycles. The minimum Gasteiger partial charge on any atom is -0.465 e. The standard InChI is InChI=1S/C21H21NO2/c1-12-11-21(2,3)22-19-9-15-8-14-7-13(20(23)24-4)5-6-16(14)18(15)10-17(12)19/h5-10,22H,11H2,1-4H3. The molecule has 0 fully saturated rings. The van der Waals surface area contributed by atoms with Crippen molar-refractivity contribution in [2.24, 2.45) is 0 Å². The number of hydrogen-bond acceptors (Lipinski definition) is 3. The summed E-state index contributed by atoms with van der Waals surface area (Å²) in [5.74, 6) is -0.297. The van der Waals surface area contributed by atoms with Crippen molar-refractivity contribution in [1.82, 2.24) is 0 Å². The first-order chi connectivity index (χ1) is 11.4. The smallest absolute Gasteiger partial charge is 0.337 e. The maximum absolute atomic E-state index is 11.8. The molecule has 1 aliphatic heterocycles. The van der Waals surface area contributed by atoms with E-state index in [1.807, 2.05) is 18.2 Å². The lowest BCUT2D eigenvalue weighted by molar-refractivity contribution is 0.0600. The third-order valence-corrected chi connectivity index (χ3v) is 4.90. The van der Waals surface area contributed by atoms with Crippen LogP contribution in [0.5, 0.6) is 0 Å². The molecular weight excluding hydrogens is 298 g/mol. The van der Waals surface area contributed by atoms with E-state index in [2.05, 4.69) is 44.3 Å². The van der Waals surface area contributed by atoms with Crippen LogP contribution in [-0.4, -0.2) is 18.6 Å². The average molecular weight is 319 g/mol. The van der Waals surface area contributed by atoms with Crippen molar-refractivity contribution in [3.8, 4) is 11.1 Å². The largest absolute Gasteiger partial charge is 0.465 e. The van der Waals surface area contributed by atoms with Crippen molar-refractivity contribution in [2.45, 2.75) is 32.7 Å². The summed E-state index contributed by atoms with van der Waals surface area (Å²) < 4.78 is 4.83. The molecule has 122 valence electrons. The second kappa shape index (κ2) is 4.97. The maximum Gasteiger partial charge on any atom is 0.337 e. The Balaban J connectivity index is 1.90. The molecule has 0 saturated carbocycles. The second-order valence-electron chi connectivity index (χ2n) is 7.39. The fourth-order valence-electron chi connectivity index (χ4n) is 3.93. The topological polar surface area (TPSA) is 38.3 Å². The summed E-state index contributed by atoms with van der Waals surface area (Å²) >= 11 is 0. The number of ether oxygens (including phenoxy) is 1. The molecule has 0 aromatic heterocycles. The van der Waals surface area contributed by atoms with E-state index < -0.39 is 0 Å². The van der Waals surface area contributed by atoms with Gasteiger partial charge in [-0.1, -0.05) is 11.6 Å². The van der Waals surface area contributed by atoms with Crippen LogP contribution in [0.3, 0.4) is 0 Å². The number of carbonyl (C=O) groups is 1. The van der Waals surface area contributed by atoms with Gasteiger partial charge in [-0.3, -0.25) is 0 Å². The zero-order chi connectivity index (χ0) is 17.1. The first kappa shape index (κ1) is 15.0. The minimum atomic E-state index is -0.297. The molecular formula is C21H21NO2. The summed E-state index contributed by atoms with van der Waals surface area (Å²) in [5.41, 5.74) is 6.77. The Morgan fingerprint density at radius 3 is 2.71 bits per heavy atom. The normalized spacial score (nSPS) is 16.4. The average Bonchev–Trinajstić information content (AvgIpc) is 2.87. The van der Waals surface area contributed by atoms with E-state index in [0.717, 1.165) is 12.0 Å². The Labute approximate surface area is 141 Å². The summed E-state index contributed by atoms with van der Waals surface area (Å²) in [6.07, 6.45) is 3.19. The molecule has 4 rings (SSSR count). The van der Waals surface area contributed by atoms with E-state index in [4.69, 9.17) is 4.74 Å². The molecule has 2 aromatic rings. The molecule has 3 nitrogen and oxygen atoms in total. The lowest BCUT2D eigenvalue weighted by atomic mass is 9.89. The molecule has 0 saturated heterocycles. The molecule has 3 heteroatoms. The highest BCUT2D eigenvalue weighted by molar-refractivity contribution is 5.93. The number of anilines is 1. The number of nitrogens with one attached hydrogen (secondary N) is 1. The van der Waals surface area contributed by atoms with Crippen LogP contribution in [0.25, 0.3) is 22.8 Å². The lowest BCUT2D eigenvalue weighted by Crippen LogP contribution is -2.39. The highest BCUT2D eigenvalue weighted by Gasteiger charge is 2.25. The number of hydrogen-bond donors (Lipinski definition) is 1. The van der Waals surface area contributed by atoms with Crippen LogP contribution in [0.2, 0.25) is 0 Å². The number of rotatable bonds is 1. The van der Waals surface area contributed by atoms with Crippen molar-refractivity contribution in [3.05, 3.63) is 51.9 Å². The molecule has 0 unspecified atom stereocenters. The van der Waals surface area contributed by atoms with Crippen LogP contribution in [-0.2, 0) is 4.74 Å². The molecule has 1 heterocycles. The van der Waals surface area contributed by atoms with E-state index in [1.165, 1.54) is 39.9 Å². The molecule has 0 amide bonds. The summed E-state index contributed by atoms with van der Waals surface area (Å²) in [6.45, 7) is 6.68. The van der Waals surface area contributed by atoms with Crippen molar-refractivity contribution < 1.29 is 9.53 Å². The fraction of sp³-hybridized carbons (Fsp3) is 0.286. The predicted octanol–water partition coefficient (Wildman–Crippen LogP) is 3.05. The van der Waals surface area contributed by atoms with Gasteiger partial charge in [-0.15, -0.1) is 0 Å². The van der Waals surface area contributed by atoms with E-state index in [-0.39, 0.29) is 11.5 Å². The van der Waals surface area contributed by atoms with Crippen molar-refractivity contribution in [2.75, 3.05) is 12.4 Å². The van der Waals surface area contributed by atoms with E-state index in [9.17, 15) is 4.79 Å². The Morgan fingerprint density at radius 1 is 1.17 bits per heavy atom. The second-order valence-corrected chi connectivity index (χ2v) is 7.39. The van der Waals surface area contributed by atoms with Crippen molar-refractivity contribution in [1.29, 1.82) is 0 Å². The molecule has 0 radical (unpaired) electrons. The van der Waals surface area contributed by atoms with E-state index in [0.29, 0.717) is 5.56 Å². The molecule has 0 bridgehead atoms. The first-order valence-corrected chi connectivity index (χ1v) is 8.24. The van der Waals surface area contributed by atoms with Gasteiger partial charge in [0.05, 0.1) is 12.7 Å². The highest BCUT2D eigenvalue weighted by atomic mass is 16.5. The van der Waals surface area contributed by atoms with Gasteiger partial charge in [0, 0.05) is 11.2 Å². The summed E-state index contributed by atoms with van der Waals surface area (Å²) in [6, 6.07) is 10.3. The number of esters is 1. The SMILES string of the molecule is COC(=O)c1ccc2c(c1)C=c1cc3c(cc1-2)=C(C)CC(C)(C)N3. The van der Waals surface area contributed by atoms with Gasteiger partial charge in [-0.25, -0.2) is 4.79 Å². The third kappa shape index (κ3) is 2.23. The van der Waals surface area contributed by atoms with Gasteiger partial charge in [0.1, 0.15) is 0 Å². The van der Waals surface area contributed by atoms with Crippen LogP contribution in [0.15, 0.2) is 30.3 Å².